The number of aromatic nitrogens is 2. The van der Waals surface area contributed by atoms with E-state index >= 15 is 0 Å². The molecule has 1 atom stereocenters. The molecule has 0 radical (unpaired) electrons. The van der Waals surface area contributed by atoms with E-state index in [1.54, 1.807) is 20.0 Å². The first-order chi connectivity index (χ1) is 10.5. The first kappa shape index (κ1) is 13.1. The number of amides is 3. The molecule has 0 spiro atoms. The molecule has 3 amide bonds. The van der Waals surface area contributed by atoms with Crippen LogP contribution in [0.25, 0.3) is 0 Å². The largest absolute Gasteiger partial charge is 0.437 e. The molecule has 22 heavy (non-hydrogen) atoms. The fourth-order valence-electron chi connectivity index (χ4n) is 3.34. The van der Waals surface area contributed by atoms with E-state index in [1.165, 1.54) is 17.0 Å². The third kappa shape index (κ3) is 1.34. The molecule has 0 fully saturated rings. The van der Waals surface area contributed by atoms with Crippen molar-refractivity contribution < 1.29 is 14.0 Å². The second kappa shape index (κ2) is 4.01. The zero-order valence-electron chi connectivity index (χ0n) is 12.2. The number of benzene rings is 1. The standard InChI is InChI=1S/C15H13FN4O2/c1-3-20-10-5-4-8(6-9(10)16)7-11-17-12(14(20)21)13(18-11)19(2)15(20)22/h4-6H,3,7H2,1-2H3/p+1. The van der Waals surface area contributed by atoms with Crippen molar-refractivity contribution in [2.24, 2.45) is 0 Å². The second-order valence-electron chi connectivity index (χ2n) is 5.62. The Labute approximate surface area is 125 Å². The molecule has 1 aromatic carbocycles. The molecule has 3 aliphatic rings. The molecule has 3 aliphatic heterocycles. The van der Waals surface area contributed by atoms with Crippen LogP contribution in [0.5, 0.6) is 0 Å². The van der Waals surface area contributed by atoms with Gasteiger partial charge in [0.25, 0.3) is 0 Å². The third-order valence-corrected chi connectivity index (χ3v) is 4.49. The Morgan fingerprint density at radius 1 is 1.41 bits per heavy atom. The molecule has 5 bridgehead atoms. The minimum absolute atomic E-state index is 0.0804. The minimum atomic E-state index is -0.697. The molecular formula is C15H14FN4O2+. The van der Waals surface area contributed by atoms with Gasteiger partial charge in [-0.05, 0) is 18.6 Å². The summed E-state index contributed by atoms with van der Waals surface area (Å²) < 4.78 is 13.9. The van der Waals surface area contributed by atoms with Gasteiger partial charge < -0.3 is 4.98 Å². The Bertz CT molecular complexity index is 844. The van der Waals surface area contributed by atoms with Crippen molar-refractivity contribution in [1.82, 2.24) is 14.5 Å². The van der Waals surface area contributed by atoms with Crippen LogP contribution in [0, 0.1) is 5.82 Å². The van der Waals surface area contributed by atoms with Crippen LogP contribution < -0.4 is 9.38 Å². The van der Waals surface area contributed by atoms with Gasteiger partial charge in [0.1, 0.15) is 5.82 Å². The fourth-order valence-corrected chi connectivity index (χ4v) is 3.34. The van der Waals surface area contributed by atoms with Crippen LogP contribution >= 0.6 is 0 Å². The number of carbonyl (C=O) groups excluding carboxylic acids is 2. The topological polar surface area (TPSA) is 66.1 Å². The number of imidazole rings is 1. The Hall–Kier alpha value is -2.54. The van der Waals surface area contributed by atoms with Crippen molar-refractivity contribution in [1.29, 1.82) is 0 Å². The summed E-state index contributed by atoms with van der Waals surface area (Å²) in [4.78, 5) is 34.6. The van der Waals surface area contributed by atoms with Crippen LogP contribution in [0.1, 0.15) is 28.8 Å². The first-order valence-electron chi connectivity index (χ1n) is 7.08. The number of nitrogens with one attached hydrogen (secondary N) is 1. The van der Waals surface area contributed by atoms with Gasteiger partial charge in [-0.1, -0.05) is 6.07 Å². The number of halogens is 1. The van der Waals surface area contributed by atoms with Gasteiger partial charge in [-0.25, -0.2) is 23.9 Å². The molecule has 0 aliphatic carbocycles. The highest BCUT2D eigenvalue weighted by Crippen LogP contribution is 2.38. The molecule has 7 heteroatoms. The zero-order valence-corrected chi connectivity index (χ0v) is 12.2. The van der Waals surface area contributed by atoms with Crippen LogP contribution in [-0.2, 0) is 6.42 Å². The van der Waals surface area contributed by atoms with E-state index in [4.69, 9.17) is 0 Å². The van der Waals surface area contributed by atoms with Gasteiger partial charge in [0, 0.05) is 19.5 Å². The normalized spacial score (nSPS) is 22.6. The average Bonchev–Trinajstić information content (AvgIpc) is 2.90. The monoisotopic (exact) mass is 301 g/mol. The number of urea groups is 1. The molecule has 2 aromatic rings. The van der Waals surface area contributed by atoms with E-state index in [-0.39, 0.29) is 17.9 Å². The van der Waals surface area contributed by atoms with Gasteiger partial charge in [-0.15, -0.1) is 4.48 Å². The van der Waals surface area contributed by atoms with E-state index in [9.17, 15) is 14.0 Å². The number of hydrogen-bond donors (Lipinski definition) is 1. The lowest BCUT2D eigenvalue weighted by Crippen LogP contribution is -2.66. The second-order valence-corrected chi connectivity index (χ2v) is 5.62. The summed E-state index contributed by atoms with van der Waals surface area (Å²) in [5.41, 5.74) is 1.09. The number of anilines is 1. The third-order valence-electron chi connectivity index (χ3n) is 4.49. The highest BCUT2D eigenvalue weighted by Gasteiger charge is 2.56. The van der Waals surface area contributed by atoms with E-state index in [0.29, 0.717) is 18.1 Å². The maximum absolute atomic E-state index is 14.6. The summed E-state index contributed by atoms with van der Waals surface area (Å²) in [6.45, 7) is 1.83. The van der Waals surface area contributed by atoms with Crippen molar-refractivity contribution >= 4 is 23.4 Å². The SMILES string of the molecule is CC[N+]12C(=O)c3[nH]c(nc3N(C)C1=O)Cc1ccc2c(F)c1. The number of aromatic amines is 1. The molecule has 0 saturated heterocycles. The molecule has 1 unspecified atom stereocenters. The van der Waals surface area contributed by atoms with Gasteiger partial charge in [0.2, 0.25) is 0 Å². The van der Waals surface area contributed by atoms with Gasteiger partial charge in [-0.3, -0.25) is 0 Å². The number of fused-ring (bicyclic) bond motifs is 2. The Kier molecular flexibility index (Phi) is 2.40. The van der Waals surface area contributed by atoms with Crippen molar-refractivity contribution in [2.45, 2.75) is 13.3 Å². The van der Waals surface area contributed by atoms with E-state index in [0.717, 1.165) is 5.56 Å². The van der Waals surface area contributed by atoms with Crippen LogP contribution in [0.3, 0.4) is 0 Å². The van der Waals surface area contributed by atoms with E-state index < -0.39 is 22.2 Å². The molecule has 6 nitrogen and oxygen atoms in total. The fraction of sp³-hybridized carbons (Fsp3) is 0.267. The average molecular weight is 301 g/mol. The molecule has 0 saturated carbocycles. The summed E-state index contributed by atoms with van der Waals surface area (Å²) in [6.07, 6.45) is 0.381. The summed E-state index contributed by atoms with van der Waals surface area (Å²) in [5.74, 6) is -0.147. The molecular weight excluding hydrogens is 287 g/mol. The highest BCUT2D eigenvalue weighted by molar-refractivity contribution is 6.24. The lowest BCUT2D eigenvalue weighted by atomic mass is 10.1. The van der Waals surface area contributed by atoms with Crippen LogP contribution in [-0.4, -0.2) is 35.5 Å². The summed E-state index contributed by atoms with van der Waals surface area (Å²) in [7, 11) is 1.56. The van der Waals surface area contributed by atoms with Crippen LogP contribution in [0.2, 0.25) is 0 Å². The highest BCUT2D eigenvalue weighted by atomic mass is 19.1. The lowest BCUT2D eigenvalue weighted by molar-refractivity contribution is 0.0800. The van der Waals surface area contributed by atoms with E-state index in [1.807, 2.05) is 0 Å². The summed E-state index contributed by atoms with van der Waals surface area (Å²) >= 11 is 0. The number of rotatable bonds is 1. The van der Waals surface area contributed by atoms with Crippen molar-refractivity contribution in [3.8, 4) is 0 Å². The van der Waals surface area contributed by atoms with Crippen molar-refractivity contribution in [3.05, 3.63) is 41.1 Å². The minimum Gasteiger partial charge on any atom is -0.332 e. The molecule has 4 heterocycles. The number of imide groups is 1. The van der Waals surface area contributed by atoms with Gasteiger partial charge in [-0.2, -0.15) is 0 Å². The number of quaternary nitrogens is 1. The Morgan fingerprint density at radius 3 is 2.86 bits per heavy atom. The summed E-state index contributed by atoms with van der Waals surface area (Å²) in [6, 6.07) is 4.15. The van der Waals surface area contributed by atoms with Crippen molar-refractivity contribution in [3.63, 3.8) is 0 Å². The smallest absolute Gasteiger partial charge is 0.332 e. The van der Waals surface area contributed by atoms with Crippen molar-refractivity contribution in [2.75, 3.05) is 18.5 Å². The molecule has 1 aromatic heterocycles. The molecule has 112 valence electrons. The predicted octanol–water partition coefficient (Wildman–Crippen LogP) is 2.19. The van der Waals surface area contributed by atoms with Gasteiger partial charge in [0.05, 0.1) is 6.54 Å². The Morgan fingerprint density at radius 2 is 2.18 bits per heavy atom. The number of hydrogen-bond acceptors (Lipinski definition) is 3. The number of nitrogens with zero attached hydrogens (tertiary/aromatic N) is 3. The number of H-pyrrole nitrogens is 1. The molecule has 5 rings (SSSR count). The predicted molar refractivity (Wildman–Crippen MR) is 78.3 cm³/mol. The zero-order chi connectivity index (χ0) is 15.6. The maximum atomic E-state index is 14.6. The lowest BCUT2D eigenvalue weighted by Gasteiger charge is -2.37. The summed E-state index contributed by atoms with van der Waals surface area (Å²) in [5, 5.41) is 0. The van der Waals surface area contributed by atoms with Gasteiger partial charge in [0.15, 0.2) is 23.0 Å². The first-order valence-corrected chi connectivity index (χ1v) is 7.08. The van der Waals surface area contributed by atoms with Crippen LogP contribution in [0.4, 0.5) is 20.7 Å². The van der Waals surface area contributed by atoms with Crippen LogP contribution in [0.15, 0.2) is 18.2 Å². The Balaban J connectivity index is 2.17. The molecule has 1 N–H and O–H groups in total. The quantitative estimate of drug-likeness (QED) is 0.821. The van der Waals surface area contributed by atoms with E-state index in [2.05, 4.69) is 9.97 Å². The van der Waals surface area contributed by atoms with Gasteiger partial charge >= 0.3 is 11.9 Å². The maximum Gasteiger partial charge on any atom is 0.437 e. The number of carbonyl (C=O) groups is 2.